The van der Waals surface area contributed by atoms with Gasteiger partial charge in [0.1, 0.15) is 0 Å². The van der Waals surface area contributed by atoms with E-state index in [-0.39, 0.29) is 5.91 Å². The number of nitrogens with zero attached hydrogens (tertiary/aromatic N) is 1. The molecule has 2 N–H and O–H groups in total. The first-order valence-electron chi connectivity index (χ1n) is 6.30. The quantitative estimate of drug-likeness (QED) is 0.861. The van der Waals surface area contributed by atoms with Crippen molar-refractivity contribution in [3.05, 3.63) is 11.1 Å². The number of rotatable bonds is 4. The third-order valence-electron chi connectivity index (χ3n) is 3.36. The maximum atomic E-state index is 11.8. The maximum Gasteiger partial charge on any atom is 0.227 e. The van der Waals surface area contributed by atoms with E-state index in [1.165, 1.54) is 19.3 Å². The van der Waals surface area contributed by atoms with Gasteiger partial charge in [-0.2, -0.15) is 0 Å². The number of carbonyl (C=O) groups is 1. The lowest BCUT2D eigenvalue weighted by molar-refractivity contribution is -0.116. The first kappa shape index (κ1) is 11.2. The summed E-state index contributed by atoms with van der Waals surface area (Å²) in [5.41, 5.74) is 1.16. The molecule has 1 saturated carbocycles. The van der Waals surface area contributed by atoms with Crippen molar-refractivity contribution in [2.75, 3.05) is 11.9 Å². The van der Waals surface area contributed by atoms with Gasteiger partial charge in [0.2, 0.25) is 5.91 Å². The second-order valence-corrected chi connectivity index (χ2v) is 5.76. The van der Waals surface area contributed by atoms with Crippen LogP contribution in [0.1, 0.15) is 43.7 Å². The summed E-state index contributed by atoms with van der Waals surface area (Å²) < 4.78 is 0. The molecular formula is C12H17N3OS. The fourth-order valence-electron chi connectivity index (χ4n) is 2.24. The summed E-state index contributed by atoms with van der Waals surface area (Å²) in [6.45, 7) is 1.04. The highest BCUT2D eigenvalue weighted by molar-refractivity contribution is 7.13. The molecule has 2 heterocycles. The Morgan fingerprint density at radius 1 is 1.53 bits per heavy atom. The third-order valence-corrected chi connectivity index (χ3v) is 4.13. The van der Waals surface area contributed by atoms with Gasteiger partial charge in [-0.1, -0.05) is 0 Å². The van der Waals surface area contributed by atoms with Gasteiger partial charge < -0.3 is 10.6 Å². The van der Waals surface area contributed by atoms with Gasteiger partial charge in [0.15, 0.2) is 5.13 Å². The van der Waals surface area contributed by atoms with Crippen molar-refractivity contribution < 1.29 is 4.79 Å². The van der Waals surface area contributed by atoms with Crippen molar-refractivity contribution in [1.82, 2.24) is 10.3 Å². The third kappa shape index (κ3) is 2.84. The molecule has 0 aromatic carbocycles. The van der Waals surface area contributed by atoms with Gasteiger partial charge in [0, 0.05) is 23.8 Å². The molecule has 5 heteroatoms. The van der Waals surface area contributed by atoms with Crippen molar-refractivity contribution >= 4 is 22.4 Å². The SMILES string of the molecule is O=C(CC1CCCN1)Nc1nc(C2CC2)cs1. The zero-order valence-corrected chi connectivity index (χ0v) is 10.6. The Morgan fingerprint density at radius 3 is 3.12 bits per heavy atom. The second-order valence-electron chi connectivity index (χ2n) is 4.90. The van der Waals surface area contributed by atoms with Crippen molar-refractivity contribution in [1.29, 1.82) is 0 Å². The Kier molecular flexibility index (Phi) is 3.11. The molecule has 1 aliphatic heterocycles. The number of aromatic nitrogens is 1. The fraction of sp³-hybridized carbons (Fsp3) is 0.667. The van der Waals surface area contributed by atoms with Crippen LogP contribution < -0.4 is 10.6 Å². The minimum Gasteiger partial charge on any atom is -0.313 e. The monoisotopic (exact) mass is 251 g/mol. The van der Waals surface area contributed by atoms with Crippen LogP contribution in [0.4, 0.5) is 5.13 Å². The zero-order chi connectivity index (χ0) is 11.7. The van der Waals surface area contributed by atoms with Gasteiger partial charge in [-0.05, 0) is 32.2 Å². The molecule has 1 aliphatic carbocycles. The van der Waals surface area contributed by atoms with Gasteiger partial charge in [0.25, 0.3) is 0 Å². The van der Waals surface area contributed by atoms with Crippen molar-refractivity contribution in [2.24, 2.45) is 0 Å². The summed E-state index contributed by atoms with van der Waals surface area (Å²) in [4.78, 5) is 16.2. The number of nitrogens with one attached hydrogen (secondary N) is 2. The normalized spacial score (nSPS) is 23.9. The molecule has 2 fully saturated rings. The molecule has 4 nitrogen and oxygen atoms in total. The molecule has 17 heavy (non-hydrogen) atoms. The van der Waals surface area contributed by atoms with E-state index in [1.54, 1.807) is 11.3 Å². The summed E-state index contributed by atoms with van der Waals surface area (Å²) in [5, 5.41) is 9.06. The fourth-order valence-corrected chi connectivity index (χ4v) is 3.04. The molecule has 2 aliphatic rings. The van der Waals surface area contributed by atoms with E-state index in [0.717, 1.165) is 23.8 Å². The number of hydrogen-bond acceptors (Lipinski definition) is 4. The van der Waals surface area contributed by atoms with E-state index in [9.17, 15) is 4.79 Å². The first-order chi connectivity index (χ1) is 8.31. The van der Waals surface area contributed by atoms with Gasteiger partial charge in [0.05, 0.1) is 5.69 Å². The van der Waals surface area contributed by atoms with Crippen LogP contribution in [-0.2, 0) is 4.79 Å². The van der Waals surface area contributed by atoms with E-state index < -0.39 is 0 Å². The predicted molar refractivity (Wildman–Crippen MR) is 68.4 cm³/mol. The summed E-state index contributed by atoms with van der Waals surface area (Å²) in [7, 11) is 0. The number of amides is 1. The van der Waals surface area contributed by atoms with Crippen LogP contribution in [0.5, 0.6) is 0 Å². The minimum atomic E-state index is 0.0843. The van der Waals surface area contributed by atoms with Gasteiger partial charge >= 0.3 is 0 Å². The van der Waals surface area contributed by atoms with Crippen LogP contribution in [0.25, 0.3) is 0 Å². The van der Waals surface area contributed by atoms with Crippen LogP contribution in [0, 0.1) is 0 Å². The lowest BCUT2D eigenvalue weighted by Crippen LogP contribution is -2.27. The molecule has 3 rings (SSSR count). The molecule has 1 atom stereocenters. The summed E-state index contributed by atoms with van der Waals surface area (Å²) in [6, 6.07) is 0.359. The van der Waals surface area contributed by atoms with Crippen LogP contribution in [0.2, 0.25) is 0 Å². The topological polar surface area (TPSA) is 54.0 Å². The molecule has 1 aromatic heterocycles. The number of thiazole rings is 1. The highest BCUT2D eigenvalue weighted by Crippen LogP contribution is 2.40. The molecule has 1 aromatic rings. The Hall–Kier alpha value is -0.940. The Bertz CT molecular complexity index is 408. The minimum absolute atomic E-state index is 0.0843. The Morgan fingerprint density at radius 2 is 2.41 bits per heavy atom. The maximum absolute atomic E-state index is 11.8. The molecule has 0 bridgehead atoms. The van der Waals surface area contributed by atoms with Crippen LogP contribution in [0.15, 0.2) is 5.38 Å². The van der Waals surface area contributed by atoms with E-state index in [0.29, 0.717) is 18.4 Å². The zero-order valence-electron chi connectivity index (χ0n) is 9.74. The van der Waals surface area contributed by atoms with Crippen LogP contribution in [-0.4, -0.2) is 23.5 Å². The highest BCUT2D eigenvalue weighted by atomic mass is 32.1. The molecule has 1 unspecified atom stereocenters. The Balaban J connectivity index is 1.52. The van der Waals surface area contributed by atoms with E-state index in [4.69, 9.17) is 0 Å². The van der Waals surface area contributed by atoms with E-state index >= 15 is 0 Å². The number of carbonyl (C=O) groups excluding carboxylic acids is 1. The Labute approximate surface area is 105 Å². The number of anilines is 1. The van der Waals surface area contributed by atoms with E-state index in [2.05, 4.69) is 21.0 Å². The number of hydrogen-bond donors (Lipinski definition) is 2. The van der Waals surface area contributed by atoms with E-state index in [1.807, 2.05) is 0 Å². The van der Waals surface area contributed by atoms with Crippen LogP contribution in [0.3, 0.4) is 0 Å². The second kappa shape index (κ2) is 4.74. The first-order valence-corrected chi connectivity index (χ1v) is 7.18. The van der Waals surface area contributed by atoms with Crippen molar-refractivity contribution in [2.45, 2.75) is 44.1 Å². The summed E-state index contributed by atoms with van der Waals surface area (Å²) >= 11 is 1.54. The molecule has 1 amide bonds. The molecular weight excluding hydrogens is 234 g/mol. The average Bonchev–Trinajstić information content (AvgIpc) is 2.84. The lowest BCUT2D eigenvalue weighted by Gasteiger charge is -2.08. The highest BCUT2D eigenvalue weighted by Gasteiger charge is 2.26. The smallest absolute Gasteiger partial charge is 0.227 e. The van der Waals surface area contributed by atoms with Gasteiger partial charge in [-0.3, -0.25) is 4.79 Å². The summed E-state index contributed by atoms with van der Waals surface area (Å²) in [5.74, 6) is 0.745. The van der Waals surface area contributed by atoms with Crippen LogP contribution >= 0.6 is 11.3 Å². The molecule has 0 spiro atoms. The summed E-state index contributed by atoms with van der Waals surface area (Å²) in [6.07, 6.45) is 5.37. The standard InChI is InChI=1S/C12H17N3OS/c16-11(6-9-2-1-5-13-9)15-12-14-10(7-17-12)8-3-4-8/h7-9,13H,1-6H2,(H,14,15,16). The van der Waals surface area contributed by atoms with Gasteiger partial charge in [-0.15, -0.1) is 11.3 Å². The largest absolute Gasteiger partial charge is 0.313 e. The molecule has 92 valence electrons. The van der Waals surface area contributed by atoms with Crippen molar-refractivity contribution in [3.63, 3.8) is 0 Å². The predicted octanol–water partition coefficient (Wildman–Crippen LogP) is 2.10. The van der Waals surface area contributed by atoms with Gasteiger partial charge in [-0.25, -0.2) is 4.98 Å². The molecule has 1 saturated heterocycles. The lowest BCUT2D eigenvalue weighted by atomic mass is 10.1. The van der Waals surface area contributed by atoms with Crippen molar-refractivity contribution in [3.8, 4) is 0 Å². The molecule has 0 radical (unpaired) electrons. The average molecular weight is 251 g/mol.